The summed E-state index contributed by atoms with van der Waals surface area (Å²) in [7, 11) is -2.04. The molecule has 0 bridgehead atoms. The van der Waals surface area contributed by atoms with E-state index in [9.17, 15) is 13.2 Å². The highest BCUT2D eigenvalue weighted by Crippen LogP contribution is 2.28. The van der Waals surface area contributed by atoms with Crippen LogP contribution in [-0.4, -0.2) is 50.6 Å². The van der Waals surface area contributed by atoms with Crippen LogP contribution >= 0.6 is 0 Å². The number of anilines is 2. The second kappa shape index (κ2) is 7.97. The molecule has 9 nitrogen and oxygen atoms in total. The normalized spacial score (nSPS) is 17.3. The van der Waals surface area contributed by atoms with E-state index in [1.54, 1.807) is 24.4 Å². The molecule has 1 saturated heterocycles. The van der Waals surface area contributed by atoms with E-state index < -0.39 is 10.0 Å². The maximum atomic E-state index is 12.5. The van der Waals surface area contributed by atoms with Crippen LogP contribution < -0.4 is 20.1 Å². The maximum Gasteiger partial charge on any atom is 0.276 e. The molecular weight excluding hydrogens is 370 g/mol. The summed E-state index contributed by atoms with van der Waals surface area (Å²) >= 11 is 0. The predicted octanol–water partition coefficient (Wildman–Crippen LogP) is 1.44. The molecule has 146 valence electrons. The maximum absolute atomic E-state index is 12.5. The molecule has 1 aromatic carbocycles. The molecule has 0 spiro atoms. The number of nitrogens with zero attached hydrogens (tertiary/aromatic N) is 2. The lowest BCUT2D eigenvalue weighted by Gasteiger charge is -2.22. The topological polar surface area (TPSA) is 114 Å². The van der Waals surface area contributed by atoms with Crippen molar-refractivity contribution >= 4 is 27.3 Å². The second-order valence-electron chi connectivity index (χ2n) is 6.42. The molecule has 1 fully saturated rings. The molecule has 3 N–H and O–H groups in total. The van der Waals surface area contributed by atoms with Gasteiger partial charge in [-0.1, -0.05) is 0 Å². The van der Waals surface area contributed by atoms with Gasteiger partial charge in [0.05, 0.1) is 25.1 Å². The van der Waals surface area contributed by atoms with Crippen molar-refractivity contribution in [1.82, 2.24) is 15.1 Å². The Bertz CT molecular complexity index is 919. The van der Waals surface area contributed by atoms with Gasteiger partial charge in [-0.25, -0.2) is 8.42 Å². The van der Waals surface area contributed by atoms with Crippen molar-refractivity contribution < 1.29 is 17.9 Å². The number of sulfonamides is 1. The number of hydrogen-bond donors (Lipinski definition) is 3. The van der Waals surface area contributed by atoms with Gasteiger partial charge in [0.1, 0.15) is 5.75 Å². The Morgan fingerprint density at radius 3 is 2.85 bits per heavy atom. The van der Waals surface area contributed by atoms with Crippen molar-refractivity contribution in [3.05, 3.63) is 36.2 Å². The van der Waals surface area contributed by atoms with Gasteiger partial charge in [-0.3, -0.25) is 14.2 Å². The van der Waals surface area contributed by atoms with Crippen LogP contribution in [0.3, 0.4) is 0 Å². The Morgan fingerprint density at radius 1 is 1.37 bits per heavy atom. The number of carbonyl (C=O) groups excluding carboxylic acids is 1. The Labute approximate surface area is 158 Å². The fourth-order valence-corrected chi connectivity index (χ4v) is 3.54. The largest absolute Gasteiger partial charge is 0.495 e. The number of carbonyl (C=O) groups is 1. The number of methoxy groups -OCH3 is 1. The molecule has 3 rings (SSSR count). The molecule has 1 amide bonds. The fraction of sp³-hybridized carbons (Fsp3) is 0.412. The van der Waals surface area contributed by atoms with Gasteiger partial charge in [0.25, 0.3) is 5.91 Å². The van der Waals surface area contributed by atoms with Crippen LogP contribution in [0.2, 0.25) is 0 Å². The molecule has 27 heavy (non-hydrogen) atoms. The van der Waals surface area contributed by atoms with Crippen molar-refractivity contribution in [2.45, 2.75) is 18.9 Å². The first-order valence-electron chi connectivity index (χ1n) is 8.59. The molecule has 1 aliphatic heterocycles. The van der Waals surface area contributed by atoms with E-state index in [0.717, 1.165) is 32.2 Å². The van der Waals surface area contributed by atoms with Crippen LogP contribution in [0.4, 0.5) is 11.4 Å². The van der Waals surface area contributed by atoms with Crippen molar-refractivity contribution in [3.63, 3.8) is 0 Å². The fourth-order valence-electron chi connectivity index (χ4n) is 2.98. The van der Waals surface area contributed by atoms with Gasteiger partial charge in [-0.05, 0) is 43.7 Å². The zero-order valence-corrected chi connectivity index (χ0v) is 16.0. The predicted molar refractivity (Wildman–Crippen MR) is 103 cm³/mol. The van der Waals surface area contributed by atoms with Crippen molar-refractivity contribution in [3.8, 4) is 5.75 Å². The number of amides is 1. The van der Waals surface area contributed by atoms with Gasteiger partial charge in [-0.15, -0.1) is 0 Å². The van der Waals surface area contributed by atoms with Gasteiger partial charge >= 0.3 is 0 Å². The zero-order chi connectivity index (χ0) is 19.4. The molecular formula is C17H23N5O4S. The van der Waals surface area contributed by atoms with Crippen molar-refractivity contribution in [1.29, 1.82) is 0 Å². The Balaban J connectivity index is 1.74. The van der Waals surface area contributed by atoms with Crippen LogP contribution in [-0.2, 0) is 10.0 Å². The first-order chi connectivity index (χ1) is 12.9. The summed E-state index contributed by atoms with van der Waals surface area (Å²) in [5.74, 6) is -0.0134. The molecule has 0 saturated carbocycles. The number of piperidine rings is 1. The van der Waals surface area contributed by atoms with Crippen molar-refractivity contribution in [2.75, 3.05) is 36.5 Å². The van der Waals surface area contributed by atoms with E-state index in [4.69, 9.17) is 4.74 Å². The molecule has 10 heteroatoms. The highest BCUT2D eigenvalue weighted by atomic mass is 32.2. The summed E-state index contributed by atoms with van der Waals surface area (Å²) in [5.41, 5.74) is 0.978. The lowest BCUT2D eigenvalue weighted by molar-refractivity contribution is 0.102. The number of ether oxygens (including phenoxy) is 1. The van der Waals surface area contributed by atoms with E-state index in [1.165, 1.54) is 13.2 Å². The van der Waals surface area contributed by atoms with Gasteiger partial charge in [-0.2, -0.15) is 5.10 Å². The zero-order valence-electron chi connectivity index (χ0n) is 15.2. The number of benzene rings is 1. The van der Waals surface area contributed by atoms with Gasteiger partial charge in [0.2, 0.25) is 10.0 Å². The minimum atomic E-state index is -3.48. The highest BCUT2D eigenvalue weighted by Gasteiger charge is 2.18. The standard InChI is InChI=1S/C17H23N5O4S/c1-26-16-6-5-12(10-15(16)21-27(2,24)25)19-17(23)14-7-9-22(20-14)13-4-3-8-18-11-13/h5-7,9-10,13,18,21H,3-4,8,11H2,1-2H3,(H,19,23). The van der Waals surface area contributed by atoms with Gasteiger partial charge < -0.3 is 15.4 Å². The molecule has 2 aromatic rings. The number of rotatable bonds is 6. The minimum Gasteiger partial charge on any atom is -0.495 e. The van der Waals surface area contributed by atoms with E-state index in [2.05, 4.69) is 20.5 Å². The third kappa shape index (κ3) is 4.98. The molecule has 1 aromatic heterocycles. The molecule has 0 radical (unpaired) electrons. The Kier molecular flexibility index (Phi) is 5.66. The second-order valence-corrected chi connectivity index (χ2v) is 8.17. The van der Waals surface area contributed by atoms with Crippen LogP contribution in [0.25, 0.3) is 0 Å². The third-order valence-electron chi connectivity index (χ3n) is 4.24. The summed E-state index contributed by atoms with van der Waals surface area (Å²) in [5, 5.41) is 10.4. The molecule has 1 aliphatic rings. The minimum absolute atomic E-state index is 0.242. The van der Waals surface area contributed by atoms with Crippen LogP contribution in [0, 0.1) is 0 Å². The Hall–Kier alpha value is -2.59. The first kappa shape index (κ1) is 19.2. The molecule has 0 aliphatic carbocycles. The average molecular weight is 393 g/mol. The summed E-state index contributed by atoms with van der Waals surface area (Å²) in [4.78, 5) is 12.5. The molecule has 2 heterocycles. The van der Waals surface area contributed by atoms with E-state index in [1.807, 2.05) is 4.68 Å². The lowest BCUT2D eigenvalue weighted by atomic mass is 10.1. The number of hydrogen-bond acceptors (Lipinski definition) is 6. The van der Waals surface area contributed by atoms with Gasteiger partial charge in [0, 0.05) is 18.4 Å². The number of aromatic nitrogens is 2. The first-order valence-corrected chi connectivity index (χ1v) is 10.5. The van der Waals surface area contributed by atoms with E-state index >= 15 is 0 Å². The van der Waals surface area contributed by atoms with E-state index in [0.29, 0.717) is 17.1 Å². The number of nitrogens with one attached hydrogen (secondary N) is 3. The van der Waals surface area contributed by atoms with Crippen LogP contribution in [0.1, 0.15) is 29.4 Å². The highest BCUT2D eigenvalue weighted by molar-refractivity contribution is 7.92. The third-order valence-corrected chi connectivity index (χ3v) is 4.83. The quantitative estimate of drug-likeness (QED) is 0.684. The SMILES string of the molecule is COc1ccc(NC(=O)c2ccn(C3CCCNC3)n2)cc1NS(C)(=O)=O. The van der Waals surface area contributed by atoms with Crippen LogP contribution in [0.5, 0.6) is 5.75 Å². The summed E-state index contributed by atoms with van der Waals surface area (Å²) in [6.07, 6.45) is 4.95. The smallest absolute Gasteiger partial charge is 0.276 e. The lowest BCUT2D eigenvalue weighted by Crippen LogP contribution is -2.32. The Morgan fingerprint density at radius 2 is 2.19 bits per heavy atom. The van der Waals surface area contributed by atoms with E-state index in [-0.39, 0.29) is 17.6 Å². The summed E-state index contributed by atoms with van der Waals surface area (Å²) < 4.78 is 32.3. The van der Waals surface area contributed by atoms with Gasteiger partial charge in [0.15, 0.2) is 5.69 Å². The van der Waals surface area contributed by atoms with Crippen molar-refractivity contribution in [2.24, 2.45) is 0 Å². The average Bonchev–Trinajstić information content (AvgIpc) is 3.12. The van der Waals surface area contributed by atoms with Crippen LogP contribution in [0.15, 0.2) is 30.5 Å². The summed E-state index contributed by atoms with van der Waals surface area (Å²) in [6.45, 7) is 1.84. The summed E-state index contributed by atoms with van der Waals surface area (Å²) in [6, 6.07) is 6.62. The monoisotopic (exact) mass is 393 g/mol. The molecule has 1 atom stereocenters. The molecule has 1 unspecified atom stereocenters.